The molecule has 0 aromatic carbocycles. The third-order valence-electron chi connectivity index (χ3n) is 2.41. The van der Waals surface area contributed by atoms with E-state index in [1.54, 1.807) is 6.20 Å². The smallest absolute Gasteiger partial charge is 0.113 e. The molecular weight excluding hydrogens is 243 g/mol. The first-order chi connectivity index (χ1) is 6.95. The predicted molar refractivity (Wildman–Crippen MR) is 71.2 cm³/mol. The fraction of sp³-hybridized carbons (Fsp3) is 0.417. The maximum Gasteiger partial charge on any atom is 0.113 e. The molecule has 1 aliphatic rings. The van der Waals surface area contributed by atoms with Gasteiger partial charge in [0.05, 0.1) is 0 Å². The second-order valence-electron chi connectivity index (χ2n) is 3.51. The van der Waals surface area contributed by atoms with E-state index in [4.69, 9.17) is 0 Å². The fourth-order valence-corrected chi connectivity index (χ4v) is 1.58. The Hall–Kier alpha value is -0.750. The number of pyridine rings is 1. The summed E-state index contributed by atoms with van der Waals surface area (Å²) in [7, 11) is 0. The van der Waals surface area contributed by atoms with Crippen molar-refractivity contribution in [3.05, 3.63) is 30.1 Å². The van der Waals surface area contributed by atoms with Crippen molar-refractivity contribution in [1.29, 1.82) is 0 Å². The van der Waals surface area contributed by atoms with Crippen molar-refractivity contribution in [2.75, 3.05) is 13.1 Å². The van der Waals surface area contributed by atoms with Crippen molar-refractivity contribution < 1.29 is 0 Å². The molecule has 0 radical (unpaired) electrons. The predicted octanol–water partition coefficient (Wildman–Crippen LogP) is 2.28. The number of nitrogens with one attached hydrogen (secondary N) is 1. The summed E-state index contributed by atoms with van der Waals surface area (Å²) >= 11 is 0. The number of hydrogen-bond acceptors (Lipinski definition) is 2. The van der Waals surface area contributed by atoms with E-state index < -0.39 is 0 Å². The summed E-state index contributed by atoms with van der Waals surface area (Å²) < 4.78 is 0. The molecule has 4 heteroatoms. The second-order valence-corrected chi connectivity index (χ2v) is 3.51. The molecule has 0 spiro atoms. The molecule has 0 unspecified atom stereocenters. The lowest BCUT2D eigenvalue weighted by Gasteiger charge is -2.17. The highest BCUT2D eigenvalue weighted by Crippen LogP contribution is 2.09. The van der Waals surface area contributed by atoms with Gasteiger partial charge in [-0.2, -0.15) is 0 Å². The lowest BCUT2D eigenvalue weighted by molar-refractivity contribution is 0.447. The van der Waals surface area contributed by atoms with Crippen LogP contribution in [0.15, 0.2) is 24.4 Å². The molecule has 1 saturated heterocycles. The summed E-state index contributed by atoms with van der Waals surface area (Å²) in [4.78, 5) is 4.17. The third kappa shape index (κ3) is 4.85. The molecule has 2 heterocycles. The van der Waals surface area contributed by atoms with Crippen LogP contribution >= 0.6 is 24.8 Å². The molecule has 0 amide bonds. The molecule has 1 fully saturated rings. The molecule has 16 heavy (non-hydrogen) atoms. The summed E-state index contributed by atoms with van der Waals surface area (Å²) in [6.45, 7) is 2.20. The molecule has 0 bridgehead atoms. The van der Waals surface area contributed by atoms with Gasteiger partial charge in [-0.05, 0) is 44.0 Å². The Morgan fingerprint density at radius 2 is 1.94 bits per heavy atom. The van der Waals surface area contributed by atoms with Crippen LogP contribution in [0, 0.1) is 17.8 Å². The molecule has 1 aromatic heterocycles. The van der Waals surface area contributed by atoms with E-state index in [2.05, 4.69) is 22.1 Å². The molecule has 0 saturated carbocycles. The normalized spacial score (nSPS) is 15.0. The standard InChI is InChI=1S/C12H14N2.2ClH/c1-2-8-14-12(3-1)5-4-11-6-9-13-10-7-11;;/h1-3,8,11,13H,6-7,9-10H2;2*1H. The number of nitrogens with zero attached hydrogens (tertiary/aromatic N) is 1. The van der Waals surface area contributed by atoms with E-state index in [1.165, 1.54) is 12.8 Å². The number of piperidine rings is 1. The molecule has 2 nitrogen and oxygen atoms in total. The van der Waals surface area contributed by atoms with Gasteiger partial charge in [0.15, 0.2) is 0 Å². The summed E-state index contributed by atoms with van der Waals surface area (Å²) in [5, 5.41) is 3.33. The summed E-state index contributed by atoms with van der Waals surface area (Å²) in [5.41, 5.74) is 0.881. The highest BCUT2D eigenvalue weighted by molar-refractivity contribution is 5.85. The maximum atomic E-state index is 4.17. The van der Waals surface area contributed by atoms with Gasteiger partial charge < -0.3 is 5.32 Å². The van der Waals surface area contributed by atoms with Gasteiger partial charge in [0.2, 0.25) is 0 Å². The number of aromatic nitrogens is 1. The van der Waals surface area contributed by atoms with E-state index in [-0.39, 0.29) is 24.8 Å². The van der Waals surface area contributed by atoms with Crippen molar-refractivity contribution in [3.8, 4) is 11.8 Å². The summed E-state index contributed by atoms with van der Waals surface area (Å²) in [6, 6.07) is 5.84. The van der Waals surface area contributed by atoms with Crippen LogP contribution in [0.5, 0.6) is 0 Å². The fourth-order valence-electron chi connectivity index (χ4n) is 1.58. The van der Waals surface area contributed by atoms with Crippen LogP contribution in [-0.2, 0) is 0 Å². The minimum atomic E-state index is 0. The topological polar surface area (TPSA) is 24.9 Å². The first-order valence-electron chi connectivity index (χ1n) is 5.08. The highest BCUT2D eigenvalue weighted by Gasteiger charge is 2.08. The van der Waals surface area contributed by atoms with Gasteiger partial charge in [-0.15, -0.1) is 24.8 Å². The van der Waals surface area contributed by atoms with E-state index >= 15 is 0 Å². The first kappa shape index (κ1) is 15.2. The van der Waals surface area contributed by atoms with Crippen LogP contribution in [0.4, 0.5) is 0 Å². The Balaban J connectivity index is 0.00000112. The zero-order valence-electron chi connectivity index (χ0n) is 8.98. The monoisotopic (exact) mass is 258 g/mol. The zero-order valence-corrected chi connectivity index (χ0v) is 10.6. The van der Waals surface area contributed by atoms with Crippen molar-refractivity contribution in [2.45, 2.75) is 12.8 Å². The first-order valence-corrected chi connectivity index (χ1v) is 5.08. The zero-order chi connectivity index (χ0) is 9.64. The SMILES string of the molecule is C(#CC1CCNCC1)c1ccccn1.Cl.Cl. The summed E-state index contributed by atoms with van der Waals surface area (Å²) in [5.74, 6) is 6.96. The van der Waals surface area contributed by atoms with E-state index in [0.29, 0.717) is 5.92 Å². The van der Waals surface area contributed by atoms with Crippen LogP contribution in [-0.4, -0.2) is 18.1 Å². The minimum absolute atomic E-state index is 0. The Morgan fingerprint density at radius 1 is 1.19 bits per heavy atom. The Kier molecular flexibility index (Phi) is 8.01. The van der Waals surface area contributed by atoms with Gasteiger partial charge in [-0.1, -0.05) is 12.0 Å². The average Bonchev–Trinajstić information content (AvgIpc) is 2.29. The molecule has 2 rings (SSSR count). The third-order valence-corrected chi connectivity index (χ3v) is 2.41. The Bertz CT molecular complexity index is 337. The van der Waals surface area contributed by atoms with Gasteiger partial charge >= 0.3 is 0 Å². The number of halogens is 2. The molecule has 88 valence electrons. The molecule has 1 N–H and O–H groups in total. The largest absolute Gasteiger partial charge is 0.317 e. The molecule has 0 atom stereocenters. The molecule has 0 aliphatic carbocycles. The van der Waals surface area contributed by atoms with Crippen molar-refractivity contribution in [2.24, 2.45) is 5.92 Å². The quantitative estimate of drug-likeness (QED) is 0.723. The molecule has 1 aliphatic heterocycles. The van der Waals surface area contributed by atoms with Crippen LogP contribution in [0.25, 0.3) is 0 Å². The minimum Gasteiger partial charge on any atom is -0.317 e. The molecule has 1 aromatic rings. The van der Waals surface area contributed by atoms with Gasteiger partial charge in [0.25, 0.3) is 0 Å². The van der Waals surface area contributed by atoms with Crippen molar-refractivity contribution >= 4 is 24.8 Å². The van der Waals surface area contributed by atoms with Gasteiger partial charge in [0.1, 0.15) is 5.69 Å². The van der Waals surface area contributed by atoms with Crippen LogP contribution in [0.3, 0.4) is 0 Å². The average molecular weight is 259 g/mol. The van der Waals surface area contributed by atoms with Crippen molar-refractivity contribution in [1.82, 2.24) is 10.3 Å². The Labute approximate surface area is 109 Å². The van der Waals surface area contributed by atoms with Crippen molar-refractivity contribution in [3.63, 3.8) is 0 Å². The number of rotatable bonds is 0. The Morgan fingerprint density at radius 3 is 2.56 bits per heavy atom. The lowest BCUT2D eigenvalue weighted by atomic mass is 9.99. The van der Waals surface area contributed by atoms with Gasteiger partial charge in [-0.25, -0.2) is 4.98 Å². The van der Waals surface area contributed by atoms with Crippen LogP contribution in [0.2, 0.25) is 0 Å². The maximum absolute atomic E-state index is 4.17. The highest BCUT2D eigenvalue weighted by atomic mass is 35.5. The van der Waals surface area contributed by atoms with E-state index in [9.17, 15) is 0 Å². The lowest BCUT2D eigenvalue weighted by Crippen LogP contribution is -2.26. The summed E-state index contributed by atoms with van der Waals surface area (Å²) in [6.07, 6.45) is 4.12. The van der Waals surface area contributed by atoms with E-state index in [0.717, 1.165) is 18.8 Å². The van der Waals surface area contributed by atoms with Gasteiger partial charge in [0, 0.05) is 12.1 Å². The van der Waals surface area contributed by atoms with Crippen LogP contribution < -0.4 is 5.32 Å². The van der Waals surface area contributed by atoms with Gasteiger partial charge in [-0.3, -0.25) is 0 Å². The number of hydrogen-bond donors (Lipinski definition) is 1. The van der Waals surface area contributed by atoms with E-state index in [1.807, 2.05) is 18.2 Å². The molecular formula is C12H16Cl2N2. The second kappa shape index (κ2) is 8.41. The van der Waals surface area contributed by atoms with Crippen LogP contribution in [0.1, 0.15) is 18.5 Å².